The molecular weight excluding hydrogens is 224 g/mol. The third kappa shape index (κ3) is 3.69. The Labute approximate surface area is 99.7 Å². The maximum atomic E-state index is 10.5. The Morgan fingerprint density at radius 3 is 2.18 bits per heavy atom. The molecule has 17 heavy (non-hydrogen) atoms. The normalized spacial score (nSPS) is 12.5. The molecule has 0 amide bonds. The standard InChI is InChI=1S/C11H16N2O4/c1-8(11(16-2)17-3)12-9-4-6-10(7-5-9)13(14)15/h4-8,11-12H,1-3H3. The van der Waals surface area contributed by atoms with Gasteiger partial charge in [-0.2, -0.15) is 0 Å². The SMILES string of the molecule is COC(OC)C(C)Nc1ccc([N+](=O)[O-])cc1. The molecule has 0 radical (unpaired) electrons. The van der Waals surface area contributed by atoms with E-state index >= 15 is 0 Å². The van der Waals surface area contributed by atoms with Crippen molar-refractivity contribution in [2.24, 2.45) is 0 Å². The number of nitrogens with zero attached hydrogens (tertiary/aromatic N) is 1. The predicted octanol–water partition coefficient (Wildman–Crippen LogP) is 2.01. The summed E-state index contributed by atoms with van der Waals surface area (Å²) >= 11 is 0. The van der Waals surface area contributed by atoms with E-state index in [-0.39, 0.29) is 18.0 Å². The minimum atomic E-state index is -0.430. The average Bonchev–Trinajstić information content (AvgIpc) is 2.31. The van der Waals surface area contributed by atoms with Gasteiger partial charge < -0.3 is 14.8 Å². The van der Waals surface area contributed by atoms with Crippen LogP contribution in [0.25, 0.3) is 0 Å². The second kappa shape index (κ2) is 6.17. The van der Waals surface area contributed by atoms with Gasteiger partial charge in [0.1, 0.15) is 0 Å². The van der Waals surface area contributed by atoms with Gasteiger partial charge in [-0.1, -0.05) is 0 Å². The lowest BCUT2D eigenvalue weighted by Crippen LogP contribution is -2.33. The number of anilines is 1. The van der Waals surface area contributed by atoms with Crippen LogP contribution in [0, 0.1) is 10.1 Å². The molecule has 6 nitrogen and oxygen atoms in total. The molecule has 0 aliphatic heterocycles. The molecule has 0 saturated carbocycles. The van der Waals surface area contributed by atoms with Crippen molar-refractivity contribution in [2.45, 2.75) is 19.3 Å². The minimum absolute atomic E-state index is 0.0635. The summed E-state index contributed by atoms with van der Waals surface area (Å²) in [5, 5.41) is 13.6. The maximum absolute atomic E-state index is 10.5. The first-order chi connectivity index (χ1) is 8.08. The number of nitro benzene ring substituents is 1. The molecule has 1 N–H and O–H groups in total. The summed E-state index contributed by atoms with van der Waals surface area (Å²) in [6, 6.07) is 6.13. The summed E-state index contributed by atoms with van der Waals surface area (Å²) in [6.45, 7) is 1.90. The van der Waals surface area contributed by atoms with Crippen LogP contribution in [0.5, 0.6) is 0 Å². The first-order valence-electron chi connectivity index (χ1n) is 5.15. The quantitative estimate of drug-likeness (QED) is 0.467. The van der Waals surface area contributed by atoms with Gasteiger partial charge in [-0.05, 0) is 19.1 Å². The molecule has 0 bridgehead atoms. The molecule has 0 aromatic heterocycles. The van der Waals surface area contributed by atoms with Crippen molar-refractivity contribution in [3.8, 4) is 0 Å². The first-order valence-corrected chi connectivity index (χ1v) is 5.15. The van der Waals surface area contributed by atoms with Gasteiger partial charge in [0, 0.05) is 32.0 Å². The van der Waals surface area contributed by atoms with E-state index in [1.54, 1.807) is 26.4 Å². The number of non-ortho nitro benzene ring substituents is 1. The summed E-state index contributed by atoms with van der Waals surface area (Å²) in [5.41, 5.74) is 0.848. The molecule has 1 unspecified atom stereocenters. The smallest absolute Gasteiger partial charge is 0.269 e. The second-order valence-electron chi connectivity index (χ2n) is 3.58. The van der Waals surface area contributed by atoms with Crippen LogP contribution in [0.3, 0.4) is 0 Å². The number of nitrogens with one attached hydrogen (secondary N) is 1. The Morgan fingerprint density at radius 1 is 1.24 bits per heavy atom. The maximum Gasteiger partial charge on any atom is 0.269 e. The van der Waals surface area contributed by atoms with Crippen molar-refractivity contribution < 1.29 is 14.4 Å². The van der Waals surface area contributed by atoms with E-state index in [0.29, 0.717) is 0 Å². The van der Waals surface area contributed by atoms with Crippen LogP contribution in [-0.4, -0.2) is 31.5 Å². The van der Waals surface area contributed by atoms with Crippen LogP contribution in [0.2, 0.25) is 0 Å². The summed E-state index contributed by atoms with van der Waals surface area (Å²) < 4.78 is 10.2. The number of hydrogen-bond acceptors (Lipinski definition) is 5. The lowest BCUT2D eigenvalue weighted by Gasteiger charge is -2.22. The fourth-order valence-corrected chi connectivity index (χ4v) is 1.51. The van der Waals surface area contributed by atoms with E-state index < -0.39 is 4.92 Å². The molecule has 1 atom stereocenters. The van der Waals surface area contributed by atoms with Crippen LogP contribution < -0.4 is 5.32 Å². The van der Waals surface area contributed by atoms with Crippen molar-refractivity contribution in [2.75, 3.05) is 19.5 Å². The summed E-state index contributed by atoms with van der Waals surface area (Å²) in [6.07, 6.45) is -0.370. The Balaban J connectivity index is 2.65. The largest absolute Gasteiger partial charge is 0.377 e. The number of rotatable bonds is 6. The Hall–Kier alpha value is -1.66. The highest BCUT2D eigenvalue weighted by Gasteiger charge is 2.15. The zero-order valence-corrected chi connectivity index (χ0v) is 10.0. The highest BCUT2D eigenvalue weighted by Crippen LogP contribution is 2.17. The van der Waals surface area contributed by atoms with Gasteiger partial charge >= 0.3 is 0 Å². The highest BCUT2D eigenvalue weighted by atomic mass is 16.7. The molecule has 0 spiro atoms. The first kappa shape index (κ1) is 13.4. The highest BCUT2D eigenvalue weighted by molar-refractivity contribution is 5.49. The lowest BCUT2D eigenvalue weighted by atomic mass is 10.2. The van der Waals surface area contributed by atoms with E-state index in [1.165, 1.54) is 12.1 Å². The van der Waals surface area contributed by atoms with E-state index in [9.17, 15) is 10.1 Å². The summed E-state index contributed by atoms with van der Waals surface area (Å²) in [7, 11) is 3.12. The Bertz CT molecular complexity index is 362. The fraction of sp³-hybridized carbons (Fsp3) is 0.455. The van der Waals surface area contributed by atoms with Gasteiger partial charge in [-0.3, -0.25) is 10.1 Å². The number of methoxy groups -OCH3 is 2. The minimum Gasteiger partial charge on any atom is -0.377 e. The van der Waals surface area contributed by atoms with Crippen molar-refractivity contribution in [3.05, 3.63) is 34.4 Å². The van der Waals surface area contributed by atoms with Crippen LogP contribution in [-0.2, 0) is 9.47 Å². The summed E-state index contributed by atoms with van der Waals surface area (Å²) in [4.78, 5) is 10.1. The van der Waals surface area contributed by atoms with Crippen LogP contribution >= 0.6 is 0 Å². The molecule has 94 valence electrons. The zero-order chi connectivity index (χ0) is 12.8. The van der Waals surface area contributed by atoms with E-state index in [4.69, 9.17) is 9.47 Å². The molecule has 1 aromatic carbocycles. The number of nitro groups is 1. The van der Waals surface area contributed by atoms with Crippen LogP contribution in [0.15, 0.2) is 24.3 Å². The zero-order valence-electron chi connectivity index (χ0n) is 10.0. The Kier molecular flexibility index (Phi) is 4.86. The fourth-order valence-electron chi connectivity index (χ4n) is 1.51. The number of ether oxygens (including phenoxy) is 2. The molecule has 0 aliphatic carbocycles. The van der Waals surface area contributed by atoms with Gasteiger partial charge in [0.15, 0.2) is 6.29 Å². The van der Waals surface area contributed by atoms with Gasteiger partial charge in [0.25, 0.3) is 5.69 Å². The third-order valence-corrected chi connectivity index (χ3v) is 2.35. The van der Waals surface area contributed by atoms with Crippen molar-refractivity contribution in [1.29, 1.82) is 0 Å². The van der Waals surface area contributed by atoms with Crippen molar-refractivity contribution in [1.82, 2.24) is 0 Å². The monoisotopic (exact) mass is 240 g/mol. The van der Waals surface area contributed by atoms with Gasteiger partial charge in [-0.25, -0.2) is 0 Å². The van der Waals surface area contributed by atoms with Gasteiger partial charge in [-0.15, -0.1) is 0 Å². The van der Waals surface area contributed by atoms with E-state index in [2.05, 4.69) is 5.32 Å². The number of hydrogen-bond donors (Lipinski definition) is 1. The average molecular weight is 240 g/mol. The Morgan fingerprint density at radius 2 is 1.76 bits per heavy atom. The van der Waals surface area contributed by atoms with E-state index in [1.807, 2.05) is 6.92 Å². The van der Waals surface area contributed by atoms with E-state index in [0.717, 1.165) is 5.69 Å². The second-order valence-corrected chi connectivity index (χ2v) is 3.58. The molecule has 0 aliphatic rings. The summed E-state index contributed by atoms with van der Waals surface area (Å²) in [5.74, 6) is 0. The lowest BCUT2D eigenvalue weighted by molar-refractivity contribution is -0.384. The van der Waals surface area contributed by atoms with Crippen molar-refractivity contribution >= 4 is 11.4 Å². The van der Waals surface area contributed by atoms with Gasteiger partial charge in [0.2, 0.25) is 0 Å². The topological polar surface area (TPSA) is 73.6 Å². The van der Waals surface area contributed by atoms with Crippen molar-refractivity contribution in [3.63, 3.8) is 0 Å². The van der Waals surface area contributed by atoms with Gasteiger partial charge in [0.05, 0.1) is 11.0 Å². The predicted molar refractivity (Wildman–Crippen MR) is 64.0 cm³/mol. The molecular formula is C11H16N2O4. The van der Waals surface area contributed by atoms with Crippen LogP contribution in [0.4, 0.5) is 11.4 Å². The molecule has 0 heterocycles. The molecule has 0 saturated heterocycles. The van der Waals surface area contributed by atoms with Crippen LogP contribution in [0.1, 0.15) is 6.92 Å². The molecule has 0 fully saturated rings. The molecule has 6 heteroatoms. The number of benzene rings is 1. The third-order valence-electron chi connectivity index (χ3n) is 2.35. The molecule has 1 aromatic rings. The molecule has 1 rings (SSSR count).